The number of likely N-dealkylation sites (tertiary alicyclic amines) is 1. The predicted octanol–water partition coefficient (Wildman–Crippen LogP) is 3.79. The summed E-state index contributed by atoms with van der Waals surface area (Å²) in [5.74, 6) is -0.547. The molecule has 0 spiro atoms. The van der Waals surface area contributed by atoms with Gasteiger partial charge in [0.05, 0.1) is 5.92 Å². The van der Waals surface area contributed by atoms with Gasteiger partial charge in [-0.3, -0.25) is 14.4 Å². The Morgan fingerprint density at radius 1 is 0.971 bits per heavy atom. The zero-order valence-electron chi connectivity index (χ0n) is 19.5. The van der Waals surface area contributed by atoms with E-state index < -0.39 is 0 Å². The van der Waals surface area contributed by atoms with E-state index in [0.29, 0.717) is 49.7 Å². The first-order valence-electron chi connectivity index (χ1n) is 12.2. The molecule has 2 saturated heterocycles. The van der Waals surface area contributed by atoms with Crippen molar-refractivity contribution in [1.82, 2.24) is 9.88 Å². The molecule has 35 heavy (non-hydrogen) atoms. The molecular weight excluding hydrogens is 464 g/mol. The fourth-order valence-electron chi connectivity index (χ4n) is 5.48. The highest BCUT2D eigenvalue weighted by Crippen LogP contribution is 2.37. The molecule has 8 heteroatoms. The van der Waals surface area contributed by atoms with Crippen LogP contribution in [0.4, 0.5) is 5.69 Å². The Hall–Kier alpha value is -3.32. The van der Waals surface area contributed by atoms with E-state index in [-0.39, 0.29) is 29.2 Å². The van der Waals surface area contributed by atoms with Gasteiger partial charge in [-0.25, -0.2) is 0 Å². The summed E-state index contributed by atoms with van der Waals surface area (Å²) in [5, 5.41) is 1.47. The number of benzene rings is 2. The molecule has 1 aromatic heterocycles. The van der Waals surface area contributed by atoms with Gasteiger partial charge < -0.3 is 20.5 Å². The number of primary amides is 1. The molecule has 2 fully saturated rings. The normalized spacial score (nSPS) is 19.2. The van der Waals surface area contributed by atoms with Crippen LogP contribution in [0.15, 0.2) is 53.3 Å². The van der Waals surface area contributed by atoms with Gasteiger partial charge in [0.25, 0.3) is 5.56 Å². The zero-order valence-corrected chi connectivity index (χ0v) is 20.3. The molecule has 2 amide bonds. The number of amides is 2. The fourth-order valence-corrected chi connectivity index (χ4v) is 5.65. The maximum Gasteiger partial charge on any atom is 0.272 e. The molecule has 0 radical (unpaired) electrons. The number of hydrogen-bond donors (Lipinski definition) is 2. The Kier molecular flexibility index (Phi) is 6.52. The van der Waals surface area contributed by atoms with E-state index >= 15 is 0 Å². The number of nitrogens with two attached hydrogens (primary N) is 1. The average Bonchev–Trinajstić information content (AvgIpc) is 2.88. The third-order valence-electron chi connectivity index (χ3n) is 7.31. The van der Waals surface area contributed by atoms with Gasteiger partial charge in [-0.15, -0.1) is 0 Å². The van der Waals surface area contributed by atoms with Gasteiger partial charge in [0.1, 0.15) is 5.69 Å². The summed E-state index contributed by atoms with van der Waals surface area (Å²) in [4.78, 5) is 45.2. The third-order valence-corrected chi connectivity index (χ3v) is 7.54. The Balaban J connectivity index is 1.48. The van der Waals surface area contributed by atoms with Gasteiger partial charge in [0, 0.05) is 53.6 Å². The van der Waals surface area contributed by atoms with Crippen LogP contribution in [0, 0.1) is 11.8 Å². The number of carbonyl (C=O) groups is 2. The molecule has 2 aromatic carbocycles. The van der Waals surface area contributed by atoms with Gasteiger partial charge >= 0.3 is 0 Å². The summed E-state index contributed by atoms with van der Waals surface area (Å²) in [5.41, 5.74) is 8.35. The molecule has 3 aromatic rings. The summed E-state index contributed by atoms with van der Waals surface area (Å²) in [6, 6.07) is 15.3. The summed E-state index contributed by atoms with van der Waals surface area (Å²) >= 11 is 6.35. The number of carbonyl (C=O) groups excluding carboxylic acids is 2. The van der Waals surface area contributed by atoms with Crippen molar-refractivity contribution in [2.75, 3.05) is 31.1 Å². The number of nitrogens with zero attached hydrogens (tertiary/aromatic N) is 2. The smallest absolute Gasteiger partial charge is 0.272 e. The molecule has 182 valence electrons. The van der Waals surface area contributed by atoms with Crippen molar-refractivity contribution < 1.29 is 9.59 Å². The van der Waals surface area contributed by atoms with Crippen LogP contribution in [0.3, 0.4) is 0 Å². The molecule has 0 bridgehead atoms. The molecule has 1 unspecified atom stereocenters. The van der Waals surface area contributed by atoms with E-state index in [1.807, 2.05) is 47.4 Å². The van der Waals surface area contributed by atoms with E-state index in [4.69, 9.17) is 17.3 Å². The van der Waals surface area contributed by atoms with Crippen LogP contribution in [0.2, 0.25) is 5.02 Å². The highest BCUT2D eigenvalue weighted by molar-refractivity contribution is 6.31. The second kappa shape index (κ2) is 9.74. The van der Waals surface area contributed by atoms with Gasteiger partial charge in [-0.1, -0.05) is 41.9 Å². The van der Waals surface area contributed by atoms with Crippen LogP contribution in [0.5, 0.6) is 0 Å². The van der Waals surface area contributed by atoms with Gasteiger partial charge in [-0.05, 0) is 49.4 Å². The lowest BCUT2D eigenvalue weighted by molar-refractivity contribution is -0.138. The number of aromatic nitrogens is 1. The highest BCUT2D eigenvalue weighted by Gasteiger charge is 2.34. The number of halogens is 1. The number of nitrogens with one attached hydrogen (secondary N) is 1. The van der Waals surface area contributed by atoms with Gasteiger partial charge in [0.15, 0.2) is 0 Å². The number of hydrogen-bond acceptors (Lipinski definition) is 4. The van der Waals surface area contributed by atoms with Crippen molar-refractivity contribution in [3.63, 3.8) is 0 Å². The molecular formula is C27H29ClN4O3. The lowest BCUT2D eigenvalue weighted by atomic mass is 9.91. The monoisotopic (exact) mass is 492 g/mol. The van der Waals surface area contributed by atoms with Gasteiger partial charge in [0.2, 0.25) is 11.8 Å². The van der Waals surface area contributed by atoms with Crippen LogP contribution in [-0.4, -0.2) is 47.9 Å². The third kappa shape index (κ3) is 4.65. The summed E-state index contributed by atoms with van der Waals surface area (Å²) in [7, 11) is 0. The molecule has 1 atom stereocenters. The largest absolute Gasteiger partial charge is 0.369 e. The minimum Gasteiger partial charge on any atom is -0.369 e. The van der Waals surface area contributed by atoms with Gasteiger partial charge in [-0.2, -0.15) is 0 Å². The van der Waals surface area contributed by atoms with E-state index in [9.17, 15) is 14.4 Å². The van der Waals surface area contributed by atoms with E-state index in [2.05, 4.69) is 9.88 Å². The maximum atomic E-state index is 13.4. The number of fused-ring (bicyclic) bond motifs is 1. The first kappa shape index (κ1) is 23.4. The molecule has 5 rings (SSSR count). The van der Waals surface area contributed by atoms with Crippen molar-refractivity contribution in [3.8, 4) is 11.1 Å². The van der Waals surface area contributed by atoms with Crippen LogP contribution in [-0.2, 0) is 9.59 Å². The van der Waals surface area contributed by atoms with Crippen LogP contribution >= 0.6 is 11.6 Å². The Bertz CT molecular complexity index is 1320. The summed E-state index contributed by atoms with van der Waals surface area (Å²) in [6.45, 7) is 2.27. The molecule has 2 aliphatic rings. The minimum absolute atomic E-state index is 0.0964. The lowest BCUT2D eigenvalue weighted by Crippen LogP contribution is -2.49. The van der Waals surface area contributed by atoms with Crippen molar-refractivity contribution >= 4 is 40.0 Å². The number of H-pyrrole nitrogens is 1. The Labute approximate surface area is 208 Å². The van der Waals surface area contributed by atoms with Crippen LogP contribution in [0.25, 0.3) is 22.0 Å². The lowest BCUT2D eigenvalue weighted by Gasteiger charge is -2.38. The average molecular weight is 493 g/mol. The van der Waals surface area contributed by atoms with Crippen LogP contribution < -0.4 is 16.2 Å². The number of piperidine rings is 2. The molecule has 3 N–H and O–H groups in total. The number of pyridine rings is 1. The van der Waals surface area contributed by atoms with E-state index in [1.165, 1.54) is 0 Å². The van der Waals surface area contributed by atoms with E-state index in [0.717, 1.165) is 34.9 Å². The quantitative estimate of drug-likeness (QED) is 0.578. The SMILES string of the molecule is NC(=O)C1CCN(C(=O)C2CCCN(c3c(-c4ccccc4)c4cc(Cl)ccc4[nH]c3=O)C2)CC1. The summed E-state index contributed by atoms with van der Waals surface area (Å²) < 4.78 is 0. The second-order valence-corrected chi connectivity index (χ2v) is 9.96. The molecule has 2 aliphatic heterocycles. The second-order valence-electron chi connectivity index (χ2n) is 9.52. The van der Waals surface area contributed by atoms with Crippen molar-refractivity contribution in [1.29, 1.82) is 0 Å². The molecule has 3 heterocycles. The minimum atomic E-state index is -0.287. The first-order valence-corrected chi connectivity index (χ1v) is 12.5. The zero-order chi connectivity index (χ0) is 24.5. The number of rotatable bonds is 4. The fraction of sp³-hybridized carbons (Fsp3) is 0.370. The Morgan fingerprint density at radius 3 is 2.43 bits per heavy atom. The maximum absolute atomic E-state index is 13.4. The van der Waals surface area contributed by atoms with Crippen molar-refractivity contribution in [3.05, 3.63) is 63.9 Å². The highest BCUT2D eigenvalue weighted by atomic mass is 35.5. The molecule has 0 aliphatic carbocycles. The topological polar surface area (TPSA) is 99.5 Å². The molecule has 0 saturated carbocycles. The van der Waals surface area contributed by atoms with Crippen molar-refractivity contribution in [2.24, 2.45) is 17.6 Å². The molecule has 7 nitrogen and oxygen atoms in total. The number of aromatic amines is 1. The summed E-state index contributed by atoms with van der Waals surface area (Å²) in [6.07, 6.45) is 2.82. The van der Waals surface area contributed by atoms with E-state index in [1.54, 1.807) is 6.07 Å². The Morgan fingerprint density at radius 2 is 1.71 bits per heavy atom. The number of anilines is 1. The van der Waals surface area contributed by atoms with Crippen LogP contribution in [0.1, 0.15) is 25.7 Å². The first-order chi connectivity index (χ1) is 16.9. The van der Waals surface area contributed by atoms with Crippen molar-refractivity contribution in [2.45, 2.75) is 25.7 Å². The predicted molar refractivity (Wildman–Crippen MR) is 138 cm³/mol. The standard InChI is InChI=1S/C27H29ClN4O3/c28-20-8-9-22-21(15-20)23(17-5-2-1-3-6-17)24(26(34)30-22)32-12-4-7-19(16-32)27(35)31-13-10-18(11-14-31)25(29)33/h1-3,5-6,8-9,15,18-19H,4,7,10-14,16H2,(H2,29,33)(H,30,34).